The number of nitrogens with zero attached hydrogens (tertiary/aromatic N) is 3. The first-order valence-electron chi connectivity index (χ1n) is 4.08. The average Bonchev–Trinajstić information content (AvgIpc) is 2.66. The van der Waals surface area contributed by atoms with E-state index in [4.69, 9.17) is 0 Å². The fourth-order valence-corrected chi connectivity index (χ4v) is 2.32. The van der Waals surface area contributed by atoms with Crippen molar-refractivity contribution >= 4 is 26.4 Å². The van der Waals surface area contributed by atoms with Crippen LogP contribution in [0.3, 0.4) is 0 Å². The van der Waals surface area contributed by atoms with Crippen LogP contribution in [0.15, 0.2) is 35.4 Å². The van der Waals surface area contributed by atoms with Crippen molar-refractivity contribution in [3.8, 4) is 0 Å². The molecular formula is C9H5N3OS. The second-order valence-corrected chi connectivity index (χ2v) is 3.90. The molecule has 0 saturated carbocycles. The van der Waals surface area contributed by atoms with Gasteiger partial charge in [0.25, 0.3) is 5.56 Å². The first kappa shape index (κ1) is 7.64. The van der Waals surface area contributed by atoms with Gasteiger partial charge in [-0.05, 0) is 12.1 Å². The molecule has 0 spiro atoms. The van der Waals surface area contributed by atoms with Crippen LogP contribution in [-0.4, -0.2) is 14.6 Å². The van der Waals surface area contributed by atoms with Crippen molar-refractivity contribution in [2.24, 2.45) is 0 Å². The minimum Gasteiger partial charge on any atom is -0.268 e. The fraction of sp³-hybridized carbons (Fsp3) is 0. The van der Waals surface area contributed by atoms with Crippen LogP contribution in [0.4, 0.5) is 0 Å². The van der Waals surface area contributed by atoms with E-state index in [-0.39, 0.29) is 5.56 Å². The first-order chi connectivity index (χ1) is 6.86. The molecule has 14 heavy (non-hydrogen) atoms. The van der Waals surface area contributed by atoms with Crippen molar-refractivity contribution < 1.29 is 0 Å². The van der Waals surface area contributed by atoms with Gasteiger partial charge in [0.1, 0.15) is 6.33 Å². The van der Waals surface area contributed by atoms with Gasteiger partial charge in [0.05, 0.1) is 5.39 Å². The van der Waals surface area contributed by atoms with Gasteiger partial charge in [-0.3, -0.25) is 4.79 Å². The first-order valence-corrected chi connectivity index (χ1v) is 4.89. The molecule has 0 unspecified atom stereocenters. The number of rotatable bonds is 0. The number of benzene rings is 1. The van der Waals surface area contributed by atoms with Gasteiger partial charge in [0.15, 0.2) is 0 Å². The van der Waals surface area contributed by atoms with E-state index in [1.165, 1.54) is 22.1 Å². The molecule has 68 valence electrons. The predicted molar refractivity (Wildman–Crippen MR) is 54.6 cm³/mol. The number of hydrogen-bond donors (Lipinski definition) is 0. The summed E-state index contributed by atoms with van der Waals surface area (Å²) in [5, 5.41) is 8.28. The number of hydrogen-bond acceptors (Lipinski definition) is 4. The molecule has 4 nitrogen and oxygen atoms in total. The molecule has 0 aliphatic rings. The molecule has 0 N–H and O–H groups in total. The van der Waals surface area contributed by atoms with Crippen molar-refractivity contribution in [3.63, 3.8) is 0 Å². The van der Waals surface area contributed by atoms with Crippen molar-refractivity contribution in [1.82, 2.24) is 14.6 Å². The van der Waals surface area contributed by atoms with Gasteiger partial charge in [0.2, 0.25) is 4.96 Å². The standard InChI is InChI=1S/C9H5N3OS/c13-8-6-3-1-2-4-7(6)14-9-11-10-5-12(8)9/h1-5H. The molecule has 0 amide bonds. The Balaban J connectivity index is 2.70. The molecule has 0 aliphatic carbocycles. The summed E-state index contributed by atoms with van der Waals surface area (Å²) in [6.07, 6.45) is 1.45. The maximum atomic E-state index is 11.8. The monoisotopic (exact) mass is 203 g/mol. The molecular weight excluding hydrogens is 198 g/mol. The number of aromatic nitrogens is 3. The lowest BCUT2D eigenvalue weighted by atomic mass is 10.3. The van der Waals surface area contributed by atoms with Crippen LogP contribution >= 0.6 is 11.3 Å². The second-order valence-electron chi connectivity index (χ2n) is 2.89. The minimum atomic E-state index is -0.0562. The highest BCUT2D eigenvalue weighted by molar-refractivity contribution is 7.23. The number of fused-ring (bicyclic) bond motifs is 2. The molecule has 1 aromatic carbocycles. The Bertz CT molecular complexity index is 670. The summed E-state index contributed by atoms with van der Waals surface area (Å²) in [6, 6.07) is 7.49. The van der Waals surface area contributed by atoms with Gasteiger partial charge in [-0.2, -0.15) is 0 Å². The molecule has 2 heterocycles. The third-order valence-electron chi connectivity index (χ3n) is 2.05. The van der Waals surface area contributed by atoms with Crippen LogP contribution in [0.5, 0.6) is 0 Å². The van der Waals surface area contributed by atoms with E-state index in [1.54, 1.807) is 0 Å². The molecule has 0 fully saturated rings. The zero-order chi connectivity index (χ0) is 9.54. The van der Waals surface area contributed by atoms with E-state index >= 15 is 0 Å². The van der Waals surface area contributed by atoms with Gasteiger partial charge >= 0.3 is 0 Å². The minimum absolute atomic E-state index is 0.0562. The predicted octanol–water partition coefficient (Wildman–Crippen LogP) is 1.30. The van der Waals surface area contributed by atoms with Crippen molar-refractivity contribution in [2.45, 2.75) is 0 Å². The third kappa shape index (κ3) is 0.898. The van der Waals surface area contributed by atoms with Crippen LogP contribution in [-0.2, 0) is 0 Å². The molecule has 5 heteroatoms. The average molecular weight is 203 g/mol. The largest absolute Gasteiger partial charge is 0.268 e. The highest BCUT2D eigenvalue weighted by Crippen LogP contribution is 2.17. The summed E-state index contributed by atoms with van der Waals surface area (Å²) >= 11 is 1.46. The van der Waals surface area contributed by atoms with E-state index < -0.39 is 0 Å². The van der Waals surface area contributed by atoms with Gasteiger partial charge in [-0.1, -0.05) is 23.5 Å². The van der Waals surface area contributed by atoms with Crippen molar-refractivity contribution in [3.05, 3.63) is 40.9 Å². The maximum Gasteiger partial charge on any atom is 0.266 e. The highest BCUT2D eigenvalue weighted by atomic mass is 32.1. The van der Waals surface area contributed by atoms with Crippen LogP contribution in [0.2, 0.25) is 0 Å². The van der Waals surface area contributed by atoms with E-state index in [0.29, 0.717) is 10.3 Å². The SMILES string of the molecule is O=c1c2ccccc2sc2nncn12. The molecule has 0 atom stereocenters. The van der Waals surface area contributed by atoms with Crippen LogP contribution < -0.4 is 5.56 Å². The van der Waals surface area contributed by atoms with E-state index in [2.05, 4.69) is 10.2 Å². The normalized spacial score (nSPS) is 11.1. The van der Waals surface area contributed by atoms with E-state index in [0.717, 1.165) is 4.70 Å². The Morgan fingerprint density at radius 2 is 2.14 bits per heavy atom. The van der Waals surface area contributed by atoms with Crippen LogP contribution in [0.25, 0.3) is 15.0 Å². The second kappa shape index (κ2) is 2.62. The quantitative estimate of drug-likeness (QED) is 0.553. The summed E-state index contributed by atoms with van der Waals surface area (Å²) in [5.41, 5.74) is -0.0562. The summed E-state index contributed by atoms with van der Waals surface area (Å²) in [5.74, 6) is 0. The Labute approximate surface area is 82.5 Å². The molecule has 3 aromatic rings. The Kier molecular flexibility index (Phi) is 1.43. The molecule has 3 rings (SSSR count). The van der Waals surface area contributed by atoms with Crippen LogP contribution in [0.1, 0.15) is 0 Å². The zero-order valence-electron chi connectivity index (χ0n) is 7.04. The lowest BCUT2D eigenvalue weighted by Crippen LogP contribution is -2.10. The van der Waals surface area contributed by atoms with Gasteiger partial charge in [-0.25, -0.2) is 4.40 Å². The zero-order valence-corrected chi connectivity index (χ0v) is 7.86. The smallest absolute Gasteiger partial charge is 0.266 e. The van der Waals surface area contributed by atoms with Gasteiger partial charge < -0.3 is 0 Å². The summed E-state index contributed by atoms with van der Waals surface area (Å²) < 4.78 is 2.41. The molecule has 0 aliphatic heterocycles. The van der Waals surface area contributed by atoms with E-state index in [9.17, 15) is 4.79 Å². The van der Waals surface area contributed by atoms with Crippen molar-refractivity contribution in [2.75, 3.05) is 0 Å². The lowest BCUT2D eigenvalue weighted by molar-refractivity contribution is 1.09. The maximum absolute atomic E-state index is 11.8. The molecule has 0 saturated heterocycles. The molecule has 0 bridgehead atoms. The summed E-state index contributed by atoms with van der Waals surface area (Å²) in [4.78, 5) is 12.5. The van der Waals surface area contributed by atoms with Crippen molar-refractivity contribution in [1.29, 1.82) is 0 Å². The van der Waals surface area contributed by atoms with E-state index in [1.807, 2.05) is 24.3 Å². The van der Waals surface area contributed by atoms with Gasteiger partial charge in [0, 0.05) is 4.70 Å². The Morgan fingerprint density at radius 1 is 1.29 bits per heavy atom. The highest BCUT2D eigenvalue weighted by Gasteiger charge is 2.04. The topological polar surface area (TPSA) is 47.3 Å². The van der Waals surface area contributed by atoms with Gasteiger partial charge in [-0.15, -0.1) is 10.2 Å². The Morgan fingerprint density at radius 3 is 3.07 bits per heavy atom. The fourth-order valence-electron chi connectivity index (χ4n) is 1.39. The third-order valence-corrected chi connectivity index (χ3v) is 3.09. The summed E-state index contributed by atoms with van der Waals surface area (Å²) in [6.45, 7) is 0. The summed E-state index contributed by atoms with van der Waals surface area (Å²) in [7, 11) is 0. The molecule has 0 radical (unpaired) electrons. The Hall–Kier alpha value is -1.75. The van der Waals surface area contributed by atoms with Crippen LogP contribution in [0, 0.1) is 0 Å². The molecule has 2 aromatic heterocycles. The lowest BCUT2D eigenvalue weighted by Gasteiger charge is -1.95.